The van der Waals surface area contributed by atoms with Crippen molar-refractivity contribution in [1.82, 2.24) is 9.78 Å². The summed E-state index contributed by atoms with van der Waals surface area (Å²) < 4.78 is 1.74. The molecule has 2 heterocycles. The van der Waals surface area contributed by atoms with Gasteiger partial charge in [0.25, 0.3) is 11.8 Å². The Morgan fingerprint density at radius 2 is 1.61 bits per heavy atom. The van der Waals surface area contributed by atoms with E-state index in [0.717, 1.165) is 17.1 Å². The molecule has 0 bridgehead atoms. The number of benzene rings is 3. The Labute approximate surface area is 212 Å². The Bertz CT molecular complexity index is 1490. The first kappa shape index (κ1) is 23.3. The summed E-state index contributed by atoms with van der Waals surface area (Å²) in [6.07, 6.45) is 0. The molecule has 3 aromatic carbocycles. The molecule has 1 aromatic heterocycles. The van der Waals surface area contributed by atoms with Gasteiger partial charge < -0.3 is 10.6 Å². The quantitative estimate of drug-likeness (QED) is 0.413. The van der Waals surface area contributed by atoms with Crippen LogP contribution >= 0.6 is 11.6 Å². The minimum atomic E-state index is -0.296. The van der Waals surface area contributed by atoms with Gasteiger partial charge in [-0.1, -0.05) is 23.7 Å². The first-order chi connectivity index (χ1) is 17.3. The fourth-order valence-electron chi connectivity index (χ4n) is 4.10. The number of hydrogen-bond donors (Lipinski definition) is 2. The van der Waals surface area contributed by atoms with E-state index < -0.39 is 0 Å². The van der Waals surface area contributed by atoms with Crippen LogP contribution in [0.5, 0.6) is 0 Å². The first-order valence-electron chi connectivity index (χ1n) is 11.3. The van der Waals surface area contributed by atoms with Crippen molar-refractivity contribution in [2.24, 2.45) is 0 Å². The second-order valence-corrected chi connectivity index (χ2v) is 8.81. The molecule has 0 saturated carbocycles. The number of para-hydroxylation sites is 2. The predicted molar refractivity (Wildman–Crippen MR) is 139 cm³/mol. The van der Waals surface area contributed by atoms with Gasteiger partial charge in [0.15, 0.2) is 0 Å². The Hall–Kier alpha value is -4.43. The molecule has 180 valence electrons. The van der Waals surface area contributed by atoms with Gasteiger partial charge in [0.2, 0.25) is 5.91 Å². The Morgan fingerprint density at radius 3 is 2.28 bits per heavy atom. The third-order valence-corrected chi connectivity index (χ3v) is 6.53. The number of rotatable bonds is 4. The average Bonchev–Trinajstić information content (AvgIpc) is 3.15. The zero-order chi connectivity index (χ0) is 25.4. The van der Waals surface area contributed by atoms with Crippen molar-refractivity contribution in [3.63, 3.8) is 0 Å². The van der Waals surface area contributed by atoms with Crippen LogP contribution in [0.2, 0.25) is 5.02 Å². The number of nitrogens with zero attached hydrogens (tertiary/aromatic N) is 3. The van der Waals surface area contributed by atoms with Crippen LogP contribution in [0, 0.1) is 13.8 Å². The third-order valence-electron chi connectivity index (χ3n) is 5.98. The van der Waals surface area contributed by atoms with Gasteiger partial charge >= 0.3 is 0 Å². The summed E-state index contributed by atoms with van der Waals surface area (Å²) in [4.78, 5) is 39.4. The maximum Gasteiger partial charge on any atom is 0.258 e. The van der Waals surface area contributed by atoms with Gasteiger partial charge in [-0.3, -0.25) is 19.3 Å². The first-order valence-corrected chi connectivity index (χ1v) is 11.6. The molecule has 1 aliphatic heterocycles. The van der Waals surface area contributed by atoms with Crippen molar-refractivity contribution in [2.75, 3.05) is 22.1 Å². The van der Waals surface area contributed by atoms with Gasteiger partial charge in [-0.15, -0.1) is 0 Å². The second-order valence-electron chi connectivity index (χ2n) is 8.43. The molecule has 9 heteroatoms. The van der Waals surface area contributed by atoms with Crippen molar-refractivity contribution in [3.05, 3.63) is 100 Å². The van der Waals surface area contributed by atoms with Crippen LogP contribution in [-0.4, -0.2) is 34.0 Å². The minimum absolute atomic E-state index is 0.0614. The van der Waals surface area contributed by atoms with Crippen molar-refractivity contribution in [2.45, 2.75) is 13.8 Å². The smallest absolute Gasteiger partial charge is 0.258 e. The summed E-state index contributed by atoms with van der Waals surface area (Å²) >= 11 is 6.23. The lowest BCUT2D eigenvalue weighted by molar-refractivity contribution is -0.115. The van der Waals surface area contributed by atoms with E-state index in [1.165, 1.54) is 4.90 Å². The summed E-state index contributed by atoms with van der Waals surface area (Å²) in [6, 6.07) is 20.8. The highest BCUT2D eigenvalue weighted by atomic mass is 35.5. The molecule has 3 amide bonds. The number of anilines is 3. The van der Waals surface area contributed by atoms with Gasteiger partial charge in [0, 0.05) is 16.8 Å². The summed E-state index contributed by atoms with van der Waals surface area (Å²) in [6.45, 7) is 3.67. The maximum atomic E-state index is 13.1. The zero-order valence-electron chi connectivity index (χ0n) is 19.6. The van der Waals surface area contributed by atoms with Crippen LogP contribution in [0.25, 0.3) is 5.69 Å². The van der Waals surface area contributed by atoms with Gasteiger partial charge in [0.1, 0.15) is 6.54 Å². The Morgan fingerprint density at radius 1 is 0.944 bits per heavy atom. The zero-order valence-corrected chi connectivity index (χ0v) is 20.3. The van der Waals surface area contributed by atoms with E-state index in [1.807, 2.05) is 19.9 Å². The molecule has 0 radical (unpaired) electrons. The lowest BCUT2D eigenvalue weighted by Gasteiger charge is -2.29. The van der Waals surface area contributed by atoms with E-state index in [1.54, 1.807) is 71.4 Å². The second kappa shape index (κ2) is 9.31. The summed E-state index contributed by atoms with van der Waals surface area (Å²) in [5, 5.41) is 10.7. The summed E-state index contributed by atoms with van der Waals surface area (Å²) in [5.74, 6) is -0.832. The van der Waals surface area contributed by atoms with Crippen molar-refractivity contribution >= 4 is 46.4 Å². The largest absolute Gasteiger partial charge is 0.323 e. The maximum absolute atomic E-state index is 13.1. The van der Waals surface area contributed by atoms with Crippen molar-refractivity contribution in [3.8, 4) is 5.69 Å². The molecule has 4 aromatic rings. The van der Waals surface area contributed by atoms with Crippen LogP contribution in [0.15, 0.2) is 72.8 Å². The molecule has 0 saturated heterocycles. The van der Waals surface area contributed by atoms with Gasteiger partial charge in [-0.2, -0.15) is 5.10 Å². The van der Waals surface area contributed by atoms with E-state index in [2.05, 4.69) is 15.7 Å². The summed E-state index contributed by atoms with van der Waals surface area (Å²) in [5.41, 5.74) is 5.04. The topological polar surface area (TPSA) is 96.3 Å². The number of halogens is 1. The SMILES string of the molecule is Cc1nn(-c2ccc(C(=O)Nc3ccc(C(=O)N4CC(=O)Nc5ccccc54)cc3)cc2)c(C)c1Cl. The number of nitrogens with one attached hydrogen (secondary N) is 2. The van der Waals surface area contributed by atoms with E-state index in [-0.39, 0.29) is 24.3 Å². The molecule has 0 spiro atoms. The predicted octanol–water partition coefficient (Wildman–Crippen LogP) is 4.99. The average molecular weight is 500 g/mol. The highest BCUT2D eigenvalue weighted by Gasteiger charge is 2.27. The van der Waals surface area contributed by atoms with Crippen LogP contribution in [-0.2, 0) is 4.79 Å². The minimum Gasteiger partial charge on any atom is -0.323 e. The van der Waals surface area contributed by atoms with Gasteiger partial charge in [-0.05, 0) is 74.5 Å². The molecule has 8 nitrogen and oxygen atoms in total. The number of amides is 3. The Balaban J connectivity index is 1.28. The lowest BCUT2D eigenvalue weighted by atomic mass is 10.1. The monoisotopic (exact) mass is 499 g/mol. The van der Waals surface area contributed by atoms with E-state index >= 15 is 0 Å². The van der Waals surface area contributed by atoms with E-state index in [0.29, 0.717) is 33.2 Å². The Kier molecular flexibility index (Phi) is 6.03. The van der Waals surface area contributed by atoms with Crippen LogP contribution in [0.3, 0.4) is 0 Å². The molecule has 0 aliphatic carbocycles. The standard InChI is InChI=1S/C27H22ClN5O3/c1-16-25(28)17(2)33(31-16)21-13-9-18(10-14-21)26(35)29-20-11-7-19(8-12-20)27(36)32-15-24(34)30-22-5-3-4-6-23(22)32/h3-14H,15H2,1-2H3,(H,29,35)(H,30,34). The number of fused-ring (bicyclic) bond motifs is 1. The number of carbonyl (C=O) groups excluding carboxylic acids is 3. The van der Waals surface area contributed by atoms with Gasteiger partial charge in [0.05, 0.1) is 33.5 Å². The highest BCUT2D eigenvalue weighted by molar-refractivity contribution is 6.31. The van der Waals surface area contributed by atoms with Crippen molar-refractivity contribution in [1.29, 1.82) is 0 Å². The molecular weight excluding hydrogens is 478 g/mol. The number of carbonyl (C=O) groups is 3. The molecule has 5 rings (SSSR count). The lowest BCUT2D eigenvalue weighted by Crippen LogP contribution is -2.42. The highest BCUT2D eigenvalue weighted by Crippen LogP contribution is 2.30. The molecule has 0 atom stereocenters. The number of aromatic nitrogens is 2. The summed E-state index contributed by atoms with van der Waals surface area (Å²) in [7, 11) is 0. The van der Waals surface area contributed by atoms with E-state index in [9.17, 15) is 14.4 Å². The normalized spacial score (nSPS) is 12.6. The van der Waals surface area contributed by atoms with Crippen molar-refractivity contribution < 1.29 is 14.4 Å². The third kappa shape index (κ3) is 4.34. The molecule has 2 N–H and O–H groups in total. The van der Waals surface area contributed by atoms with Crippen LogP contribution in [0.1, 0.15) is 32.1 Å². The number of hydrogen-bond acceptors (Lipinski definition) is 4. The molecule has 1 aliphatic rings. The van der Waals surface area contributed by atoms with Crippen LogP contribution in [0.4, 0.5) is 17.1 Å². The van der Waals surface area contributed by atoms with Gasteiger partial charge in [-0.25, -0.2) is 4.68 Å². The van der Waals surface area contributed by atoms with Crippen LogP contribution < -0.4 is 15.5 Å². The fraction of sp³-hybridized carbons (Fsp3) is 0.111. The van der Waals surface area contributed by atoms with E-state index in [4.69, 9.17) is 11.6 Å². The number of aryl methyl sites for hydroxylation is 1. The molecule has 0 fully saturated rings. The molecular formula is C27H22ClN5O3. The fourth-order valence-corrected chi connectivity index (χ4v) is 4.22. The molecule has 0 unspecified atom stereocenters. The molecule has 36 heavy (non-hydrogen) atoms.